The molecule has 0 aromatic heterocycles. The standard InChI is InChI=1S/C14H11BrF2/c15-9-12-4-2-1-3-10(12)7-11-5-6-13(16)8-14(11)17/h1-6,8H,7,9H2. The van der Waals surface area contributed by atoms with Crippen LogP contribution in [0.2, 0.25) is 0 Å². The second-order valence-electron chi connectivity index (χ2n) is 3.81. The third kappa shape index (κ3) is 2.91. The smallest absolute Gasteiger partial charge is 0.129 e. The van der Waals surface area contributed by atoms with Gasteiger partial charge in [0.1, 0.15) is 11.6 Å². The van der Waals surface area contributed by atoms with E-state index in [1.807, 2.05) is 24.3 Å². The van der Waals surface area contributed by atoms with Gasteiger partial charge in [-0.15, -0.1) is 0 Å². The Labute approximate surface area is 107 Å². The molecule has 0 saturated heterocycles. The molecule has 0 atom stereocenters. The van der Waals surface area contributed by atoms with Crippen molar-refractivity contribution in [3.05, 3.63) is 70.8 Å². The van der Waals surface area contributed by atoms with Gasteiger partial charge in [-0.05, 0) is 22.8 Å². The molecule has 0 saturated carbocycles. The summed E-state index contributed by atoms with van der Waals surface area (Å²) in [6, 6.07) is 11.5. The average molecular weight is 297 g/mol. The number of benzene rings is 2. The summed E-state index contributed by atoms with van der Waals surface area (Å²) in [5, 5.41) is 0.728. The van der Waals surface area contributed by atoms with Crippen molar-refractivity contribution in [2.45, 2.75) is 11.8 Å². The summed E-state index contributed by atoms with van der Waals surface area (Å²) in [6.07, 6.45) is 0.480. The van der Waals surface area contributed by atoms with E-state index in [-0.39, 0.29) is 0 Å². The van der Waals surface area contributed by atoms with E-state index >= 15 is 0 Å². The molecule has 0 aliphatic carbocycles. The van der Waals surface area contributed by atoms with Gasteiger partial charge in [-0.2, -0.15) is 0 Å². The van der Waals surface area contributed by atoms with Crippen molar-refractivity contribution in [3.8, 4) is 0 Å². The number of rotatable bonds is 3. The molecule has 0 nitrogen and oxygen atoms in total. The predicted molar refractivity (Wildman–Crippen MR) is 68.2 cm³/mol. The first-order valence-electron chi connectivity index (χ1n) is 5.27. The maximum Gasteiger partial charge on any atom is 0.129 e. The Bertz CT molecular complexity index is 523. The fourth-order valence-corrected chi connectivity index (χ4v) is 2.28. The Hall–Kier alpha value is -1.22. The van der Waals surface area contributed by atoms with E-state index in [2.05, 4.69) is 15.9 Å². The Morgan fingerprint density at radius 3 is 2.24 bits per heavy atom. The van der Waals surface area contributed by atoms with E-state index in [1.54, 1.807) is 0 Å². The van der Waals surface area contributed by atoms with Crippen molar-refractivity contribution < 1.29 is 8.78 Å². The number of alkyl halides is 1. The average Bonchev–Trinajstić information content (AvgIpc) is 2.33. The zero-order valence-electron chi connectivity index (χ0n) is 9.09. The minimum absolute atomic E-state index is 0.480. The molecule has 2 aromatic carbocycles. The first kappa shape index (κ1) is 12.2. The minimum Gasteiger partial charge on any atom is -0.207 e. The van der Waals surface area contributed by atoms with Gasteiger partial charge in [-0.1, -0.05) is 46.3 Å². The van der Waals surface area contributed by atoms with E-state index in [1.165, 1.54) is 12.1 Å². The lowest BCUT2D eigenvalue weighted by atomic mass is 10.0. The van der Waals surface area contributed by atoms with Crippen LogP contribution in [0, 0.1) is 11.6 Å². The van der Waals surface area contributed by atoms with E-state index in [0.29, 0.717) is 12.0 Å². The number of halogens is 3. The first-order valence-corrected chi connectivity index (χ1v) is 6.39. The van der Waals surface area contributed by atoms with Gasteiger partial charge in [0.05, 0.1) is 0 Å². The molecular formula is C14H11BrF2. The highest BCUT2D eigenvalue weighted by Gasteiger charge is 2.07. The molecule has 0 heterocycles. The van der Waals surface area contributed by atoms with Crippen LogP contribution in [0.3, 0.4) is 0 Å². The first-order chi connectivity index (χ1) is 8.20. The molecule has 0 aliphatic rings. The SMILES string of the molecule is Fc1ccc(Cc2ccccc2CBr)c(F)c1. The summed E-state index contributed by atoms with van der Waals surface area (Å²) in [5.41, 5.74) is 2.69. The van der Waals surface area contributed by atoms with Gasteiger partial charge in [0, 0.05) is 17.8 Å². The number of hydrogen-bond acceptors (Lipinski definition) is 0. The van der Waals surface area contributed by atoms with Gasteiger partial charge in [-0.25, -0.2) is 8.78 Å². The van der Waals surface area contributed by atoms with Crippen molar-refractivity contribution in [2.75, 3.05) is 0 Å². The van der Waals surface area contributed by atoms with Crippen molar-refractivity contribution in [2.24, 2.45) is 0 Å². The molecule has 2 aromatic rings. The molecule has 0 bridgehead atoms. The molecule has 0 fully saturated rings. The molecule has 17 heavy (non-hydrogen) atoms. The maximum atomic E-state index is 13.5. The fraction of sp³-hybridized carbons (Fsp3) is 0.143. The number of hydrogen-bond donors (Lipinski definition) is 0. The van der Waals surface area contributed by atoms with Crippen LogP contribution in [0.1, 0.15) is 16.7 Å². The summed E-state index contributed by atoms with van der Waals surface area (Å²) in [7, 11) is 0. The monoisotopic (exact) mass is 296 g/mol. The quantitative estimate of drug-likeness (QED) is 0.734. The van der Waals surface area contributed by atoms with Gasteiger partial charge in [0.15, 0.2) is 0 Å². The lowest BCUT2D eigenvalue weighted by Gasteiger charge is -2.08. The largest absolute Gasteiger partial charge is 0.207 e. The zero-order chi connectivity index (χ0) is 12.3. The Morgan fingerprint density at radius 2 is 1.59 bits per heavy atom. The Balaban J connectivity index is 2.31. The third-order valence-electron chi connectivity index (χ3n) is 2.66. The zero-order valence-corrected chi connectivity index (χ0v) is 10.7. The van der Waals surface area contributed by atoms with E-state index in [4.69, 9.17) is 0 Å². The van der Waals surface area contributed by atoms with Crippen LogP contribution in [-0.2, 0) is 11.8 Å². The third-order valence-corrected chi connectivity index (χ3v) is 3.26. The van der Waals surface area contributed by atoms with E-state index in [0.717, 1.165) is 22.5 Å². The lowest BCUT2D eigenvalue weighted by Crippen LogP contribution is -1.96. The molecule has 0 unspecified atom stereocenters. The summed E-state index contributed by atoms with van der Waals surface area (Å²) in [4.78, 5) is 0. The minimum atomic E-state index is -0.542. The molecule has 0 N–H and O–H groups in total. The van der Waals surface area contributed by atoms with Gasteiger partial charge < -0.3 is 0 Å². The normalized spacial score (nSPS) is 10.5. The van der Waals surface area contributed by atoms with Crippen LogP contribution in [0.15, 0.2) is 42.5 Å². The predicted octanol–water partition coefficient (Wildman–Crippen LogP) is 4.45. The van der Waals surface area contributed by atoms with E-state index in [9.17, 15) is 8.78 Å². The maximum absolute atomic E-state index is 13.5. The highest BCUT2D eigenvalue weighted by atomic mass is 79.9. The van der Waals surface area contributed by atoms with Gasteiger partial charge in [0.25, 0.3) is 0 Å². The van der Waals surface area contributed by atoms with Crippen LogP contribution >= 0.6 is 15.9 Å². The van der Waals surface area contributed by atoms with Gasteiger partial charge in [0.2, 0.25) is 0 Å². The van der Waals surface area contributed by atoms with Crippen molar-refractivity contribution in [3.63, 3.8) is 0 Å². The molecule has 3 heteroatoms. The summed E-state index contributed by atoms with van der Waals surface area (Å²) in [6.45, 7) is 0. The fourth-order valence-electron chi connectivity index (χ4n) is 1.73. The lowest BCUT2D eigenvalue weighted by molar-refractivity contribution is 0.574. The molecule has 0 spiro atoms. The summed E-state index contributed by atoms with van der Waals surface area (Å²) >= 11 is 3.40. The second kappa shape index (κ2) is 5.41. The second-order valence-corrected chi connectivity index (χ2v) is 4.38. The van der Waals surface area contributed by atoms with Crippen LogP contribution < -0.4 is 0 Å². The van der Waals surface area contributed by atoms with Crippen molar-refractivity contribution in [1.82, 2.24) is 0 Å². The van der Waals surface area contributed by atoms with Crippen LogP contribution in [0.5, 0.6) is 0 Å². The van der Waals surface area contributed by atoms with Gasteiger partial charge in [-0.3, -0.25) is 0 Å². The molecular weight excluding hydrogens is 286 g/mol. The topological polar surface area (TPSA) is 0 Å². The summed E-state index contributed by atoms with van der Waals surface area (Å²) in [5.74, 6) is -1.03. The van der Waals surface area contributed by atoms with Crippen molar-refractivity contribution >= 4 is 15.9 Å². The Kier molecular flexibility index (Phi) is 3.89. The molecule has 0 amide bonds. The molecule has 2 rings (SSSR count). The van der Waals surface area contributed by atoms with Gasteiger partial charge >= 0.3 is 0 Å². The molecule has 0 radical (unpaired) electrons. The van der Waals surface area contributed by atoms with Crippen LogP contribution in [0.4, 0.5) is 8.78 Å². The molecule has 88 valence electrons. The molecule has 0 aliphatic heterocycles. The highest BCUT2D eigenvalue weighted by Crippen LogP contribution is 2.19. The van der Waals surface area contributed by atoms with E-state index < -0.39 is 11.6 Å². The Morgan fingerprint density at radius 1 is 0.882 bits per heavy atom. The van der Waals surface area contributed by atoms with Crippen molar-refractivity contribution in [1.29, 1.82) is 0 Å². The highest BCUT2D eigenvalue weighted by molar-refractivity contribution is 9.08. The summed E-state index contributed by atoms with van der Waals surface area (Å²) < 4.78 is 26.3. The van der Waals surface area contributed by atoms with Crippen LogP contribution in [0.25, 0.3) is 0 Å². The van der Waals surface area contributed by atoms with Crippen LogP contribution in [-0.4, -0.2) is 0 Å².